The minimum absolute atomic E-state index is 0.163. The molecule has 0 unspecified atom stereocenters. The smallest absolute Gasteiger partial charge is 0.211 e. The molecule has 2 aliphatic heterocycles. The van der Waals surface area contributed by atoms with Crippen LogP contribution in [0.1, 0.15) is 5.56 Å². The zero-order valence-electron chi connectivity index (χ0n) is 9.21. The molecule has 0 saturated carbocycles. The highest BCUT2D eigenvalue weighted by molar-refractivity contribution is 5.86. The number of para-hydroxylation sites is 1. The molecule has 84 valence electrons. The van der Waals surface area contributed by atoms with Crippen LogP contribution in [-0.2, 0) is 14.5 Å². The molecule has 3 rings (SSSR count). The third-order valence-corrected chi connectivity index (χ3v) is 3.00. The van der Waals surface area contributed by atoms with Gasteiger partial charge in [0.05, 0.1) is 0 Å². The minimum Gasteiger partial charge on any atom is -0.350 e. The van der Waals surface area contributed by atoms with E-state index in [0.29, 0.717) is 0 Å². The van der Waals surface area contributed by atoms with Crippen LogP contribution in [0.5, 0.6) is 0 Å². The molecule has 0 fully saturated rings. The van der Waals surface area contributed by atoms with Gasteiger partial charge in [0.25, 0.3) is 0 Å². The molecule has 0 aliphatic carbocycles. The monoisotopic (exact) mass is 219 g/mol. The summed E-state index contributed by atoms with van der Waals surface area (Å²) in [6.07, 6.45) is 1.37. The van der Waals surface area contributed by atoms with Crippen molar-refractivity contribution in [2.75, 3.05) is 19.1 Å². The molecule has 0 radical (unpaired) electrons. The van der Waals surface area contributed by atoms with Crippen molar-refractivity contribution in [1.82, 2.24) is 0 Å². The molecular weight excluding hydrogens is 206 g/mol. The summed E-state index contributed by atoms with van der Waals surface area (Å²) in [4.78, 5) is 12.5. The van der Waals surface area contributed by atoms with Crippen molar-refractivity contribution < 1.29 is 14.5 Å². The molecule has 0 N–H and O–H groups in total. The summed E-state index contributed by atoms with van der Waals surface area (Å²) < 4.78 is 5.11. The van der Waals surface area contributed by atoms with Gasteiger partial charge in [0.1, 0.15) is 0 Å². The minimum atomic E-state index is -0.425. The average Bonchev–Trinajstić information content (AvgIpc) is 2.64. The summed E-state index contributed by atoms with van der Waals surface area (Å²) in [5.74, 6) is 0. The maximum absolute atomic E-state index is 5.33. The zero-order chi connectivity index (χ0) is 11.1. The standard InChI is InChI=1S/C12H13NO3/c1-13-10-6-4-3-5-8(10)9-7-11(14-2)15-16-12(9)13/h3-7,11-12H,1-2H3/t11-,12+/m0/s1. The lowest BCUT2D eigenvalue weighted by molar-refractivity contribution is -0.378. The number of methoxy groups -OCH3 is 1. The number of hydrogen-bond acceptors (Lipinski definition) is 4. The van der Waals surface area contributed by atoms with Gasteiger partial charge in [-0.3, -0.25) is 0 Å². The largest absolute Gasteiger partial charge is 0.350 e. The Kier molecular flexibility index (Phi) is 2.21. The number of fused-ring (bicyclic) bond motifs is 3. The van der Waals surface area contributed by atoms with Crippen molar-refractivity contribution in [2.24, 2.45) is 0 Å². The molecule has 0 amide bonds. The summed E-state index contributed by atoms with van der Waals surface area (Å²) in [6.45, 7) is 0. The van der Waals surface area contributed by atoms with Gasteiger partial charge in [-0.05, 0) is 12.1 Å². The van der Waals surface area contributed by atoms with E-state index in [4.69, 9.17) is 14.5 Å². The van der Waals surface area contributed by atoms with Crippen molar-refractivity contribution in [1.29, 1.82) is 0 Å². The second kappa shape index (κ2) is 3.59. The summed E-state index contributed by atoms with van der Waals surface area (Å²) in [5.41, 5.74) is 3.44. The lowest BCUT2D eigenvalue weighted by atomic mass is 10.1. The number of ether oxygens (including phenoxy) is 1. The summed E-state index contributed by atoms with van der Waals surface area (Å²) in [5, 5.41) is 0. The predicted octanol–water partition coefficient (Wildman–Crippen LogP) is 1.78. The van der Waals surface area contributed by atoms with Crippen molar-refractivity contribution in [3.05, 3.63) is 35.9 Å². The number of hydrogen-bond donors (Lipinski definition) is 0. The Bertz CT molecular complexity index is 444. The van der Waals surface area contributed by atoms with E-state index in [-0.39, 0.29) is 6.23 Å². The van der Waals surface area contributed by atoms with E-state index >= 15 is 0 Å². The normalized spacial score (nSPS) is 27.4. The van der Waals surface area contributed by atoms with Gasteiger partial charge in [-0.1, -0.05) is 18.2 Å². The van der Waals surface area contributed by atoms with E-state index in [1.54, 1.807) is 7.11 Å². The van der Waals surface area contributed by atoms with Crippen LogP contribution in [0.2, 0.25) is 0 Å². The van der Waals surface area contributed by atoms with Gasteiger partial charge in [-0.15, -0.1) is 0 Å². The molecule has 0 saturated heterocycles. The molecule has 4 nitrogen and oxygen atoms in total. The molecule has 2 aliphatic rings. The Morgan fingerprint density at radius 3 is 2.88 bits per heavy atom. The van der Waals surface area contributed by atoms with Crippen LogP contribution in [0.4, 0.5) is 5.69 Å². The highest BCUT2D eigenvalue weighted by Crippen LogP contribution is 2.41. The summed E-state index contributed by atoms with van der Waals surface area (Å²) in [7, 11) is 3.58. The van der Waals surface area contributed by atoms with E-state index in [1.807, 2.05) is 30.2 Å². The summed E-state index contributed by atoms with van der Waals surface area (Å²) >= 11 is 0. The first-order chi connectivity index (χ1) is 7.81. The number of benzene rings is 1. The Balaban J connectivity index is 2.09. The lowest BCUT2D eigenvalue weighted by Crippen LogP contribution is -2.35. The molecule has 4 heteroatoms. The van der Waals surface area contributed by atoms with Gasteiger partial charge in [0.15, 0.2) is 6.23 Å². The Morgan fingerprint density at radius 2 is 2.06 bits per heavy atom. The van der Waals surface area contributed by atoms with Gasteiger partial charge < -0.3 is 9.64 Å². The first-order valence-corrected chi connectivity index (χ1v) is 5.20. The molecule has 2 heterocycles. The maximum atomic E-state index is 5.33. The number of anilines is 1. The molecule has 16 heavy (non-hydrogen) atoms. The number of rotatable bonds is 1. The first kappa shape index (κ1) is 9.84. The van der Waals surface area contributed by atoms with Crippen LogP contribution in [0, 0.1) is 0 Å². The fraction of sp³-hybridized carbons (Fsp3) is 0.333. The van der Waals surface area contributed by atoms with Crippen molar-refractivity contribution in [2.45, 2.75) is 12.5 Å². The molecule has 1 aromatic carbocycles. The second-order valence-electron chi connectivity index (χ2n) is 3.90. The van der Waals surface area contributed by atoms with E-state index in [2.05, 4.69) is 12.1 Å². The molecule has 1 aromatic rings. The molecule has 2 atom stereocenters. The third kappa shape index (κ3) is 1.28. The van der Waals surface area contributed by atoms with E-state index in [0.717, 1.165) is 11.3 Å². The molecule has 0 aromatic heterocycles. The highest BCUT2D eigenvalue weighted by atomic mass is 17.2. The van der Waals surface area contributed by atoms with Crippen LogP contribution in [0.15, 0.2) is 30.3 Å². The summed E-state index contributed by atoms with van der Waals surface area (Å²) in [6, 6.07) is 8.19. The average molecular weight is 219 g/mol. The molecule has 0 bridgehead atoms. The Hall–Kier alpha value is -1.36. The Labute approximate surface area is 93.9 Å². The highest BCUT2D eigenvalue weighted by Gasteiger charge is 2.36. The van der Waals surface area contributed by atoms with Gasteiger partial charge in [0.2, 0.25) is 6.29 Å². The third-order valence-electron chi connectivity index (χ3n) is 3.00. The SMILES string of the molecule is CO[C@@H]1C=C2c3ccccc3N(C)[C@@H]2OO1. The number of nitrogens with zero attached hydrogens (tertiary/aromatic N) is 1. The quantitative estimate of drug-likeness (QED) is 0.674. The van der Waals surface area contributed by atoms with Gasteiger partial charge >= 0.3 is 0 Å². The van der Waals surface area contributed by atoms with Crippen LogP contribution in [-0.4, -0.2) is 26.7 Å². The predicted molar refractivity (Wildman–Crippen MR) is 59.6 cm³/mol. The van der Waals surface area contributed by atoms with Crippen molar-refractivity contribution in [3.8, 4) is 0 Å². The van der Waals surface area contributed by atoms with Crippen LogP contribution < -0.4 is 4.90 Å². The van der Waals surface area contributed by atoms with Crippen LogP contribution >= 0.6 is 0 Å². The first-order valence-electron chi connectivity index (χ1n) is 5.20. The maximum Gasteiger partial charge on any atom is 0.211 e. The fourth-order valence-electron chi connectivity index (χ4n) is 2.17. The van der Waals surface area contributed by atoms with Crippen molar-refractivity contribution in [3.63, 3.8) is 0 Å². The van der Waals surface area contributed by atoms with E-state index in [1.165, 1.54) is 5.56 Å². The lowest BCUT2D eigenvalue weighted by Gasteiger charge is -2.27. The van der Waals surface area contributed by atoms with Crippen LogP contribution in [0.25, 0.3) is 5.57 Å². The topological polar surface area (TPSA) is 30.9 Å². The van der Waals surface area contributed by atoms with E-state index < -0.39 is 6.29 Å². The van der Waals surface area contributed by atoms with E-state index in [9.17, 15) is 0 Å². The van der Waals surface area contributed by atoms with Crippen molar-refractivity contribution >= 4 is 11.3 Å². The van der Waals surface area contributed by atoms with Crippen LogP contribution in [0.3, 0.4) is 0 Å². The molecule has 0 spiro atoms. The zero-order valence-corrected chi connectivity index (χ0v) is 9.21. The fourth-order valence-corrected chi connectivity index (χ4v) is 2.17. The number of likely N-dealkylation sites (N-methyl/N-ethyl adjacent to an activating group) is 1. The molecular formula is C12H13NO3. The van der Waals surface area contributed by atoms with Gasteiger partial charge in [-0.2, -0.15) is 4.89 Å². The van der Waals surface area contributed by atoms with Gasteiger partial charge in [-0.25, -0.2) is 4.89 Å². The Morgan fingerprint density at radius 1 is 1.25 bits per heavy atom. The second-order valence-corrected chi connectivity index (χ2v) is 3.90. The van der Waals surface area contributed by atoms with Gasteiger partial charge in [0, 0.05) is 31.0 Å².